The summed E-state index contributed by atoms with van der Waals surface area (Å²) >= 11 is 0. The van der Waals surface area contributed by atoms with Crippen molar-refractivity contribution in [2.24, 2.45) is 5.92 Å². The van der Waals surface area contributed by atoms with Crippen LogP contribution in [0.3, 0.4) is 0 Å². The van der Waals surface area contributed by atoms with Crippen molar-refractivity contribution < 1.29 is 24.2 Å². The quantitative estimate of drug-likeness (QED) is 0.610. The second-order valence-electron chi connectivity index (χ2n) is 6.23. The summed E-state index contributed by atoms with van der Waals surface area (Å²) in [6.45, 7) is 4.28. The summed E-state index contributed by atoms with van der Waals surface area (Å²) in [5, 5.41) is 14.3. The van der Waals surface area contributed by atoms with E-state index in [1.54, 1.807) is 24.3 Å². The lowest BCUT2D eigenvalue weighted by atomic mass is 10.0. The van der Waals surface area contributed by atoms with Gasteiger partial charge in [0.2, 0.25) is 0 Å². The normalized spacial score (nSPS) is 20.3. The fourth-order valence-corrected chi connectivity index (χ4v) is 2.45. The first-order chi connectivity index (χ1) is 11.4. The van der Waals surface area contributed by atoms with E-state index in [2.05, 4.69) is 10.6 Å². The minimum Gasteiger partial charge on any atom is -0.479 e. The summed E-state index contributed by atoms with van der Waals surface area (Å²) in [6, 6.07) is 8.51. The number of amides is 2. The fourth-order valence-electron chi connectivity index (χ4n) is 2.45. The number of benzene rings is 1. The van der Waals surface area contributed by atoms with Crippen molar-refractivity contribution in [3.8, 4) is 0 Å². The Labute approximate surface area is 140 Å². The Hall–Kier alpha value is -2.41. The number of carboxylic acids is 1. The molecule has 7 heteroatoms. The number of rotatable bonds is 8. The van der Waals surface area contributed by atoms with Crippen LogP contribution >= 0.6 is 0 Å². The van der Waals surface area contributed by atoms with Crippen molar-refractivity contribution >= 4 is 17.8 Å². The maximum Gasteiger partial charge on any atom is 0.336 e. The summed E-state index contributed by atoms with van der Waals surface area (Å²) in [5.74, 6) is -1.51. The minimum atomic E-state index is -1.15. The number of hydrogen-bond acceptors (Lipinski definition) is 4. The summed E-state index contributed by atoms with van der Waals surface area (Å²) in [6.07, 6.45) is -1.35. The van der Waals surface area contributed by atoms with Gasteiger partial charge in [-0.15, -0.1) is 0 Å². The molecule has 3 atom stereocenters. The first kappa shape index (κ1) is 17.9. The molecule has 0 radical (unpaired) electrons. The van der Waals surface area contributed by atoms with Crippen molar-refractivity contribution in [2.45, 2.75) is 38.5 Å². The molecular formula is C17H22N2O5. The van der Waals surface area contributed by atoms with E-state index in [0.29, 0.717) is 17.9 Å². The molecular weight excluding hydrogens is 312 g/mol. The molecule has 0 spiro atoms. The smallest absolute Gasteiger partial charge is 0.336 e. The second-order valence-corrected chi connectivity index (χ2v) is 6.23. The van der Waals surface area contributed by atoms with Gasteiger partial charge in [0.15, 0.2) is 12.2 Å². The van der Waals surface area contributed by atoms with Crippen LogP contribution in [0.15, 0.2) is 30.3 Å². The van der Waals surface area contributed by atoms with E-state index in [9.17, 15) is 14.4 Å². The number of aliphatic carboxylic acids is 1. The zero-order chi connectivity index (χ0) is 17.7. The fraction of sp³-hybridized carbons (Fsp3) is 0.471. The largest absolute Gasteiger partial charge is 0.479 e. The first-order valence-corrected chi connectivity index (χ1v) is 7.90. The van der Waals surface area contributed by atoms with E-state index in [-0.39, 0.29) is 18.5 Å². The third-order valence-electron chi connectivity index (χ3n) is 3.64. The van der Waals surface area contributed by atoms with Crippen LogP contribution in [0.4, 0.5) is 0 Å². The van der Waals surface area contributed by atoms with Crippen molar-refractivity contribution in [1.82, 2.24) is 10.6 Å². The maximum absolute atomic E-state index is 12.1. The lowest BCUT2D eigenvalue weighted by Gasteiger charge is -2.21. The number of nitrogens with one attached hydrogen (secondary N) is 2. The molecule has 0 bridgehead atoms. The van der Waals surface area contributed by atoms with Gasteiger partial charge in [-0.3, -0.25) is 9.59 Å². The van der Waals surface area contributed by atoms with Crippen LogP contribution in [-0.4, -0.2) is 47.7 Å². The van der Waals surface area contributed by atoms with Gasteiger partial charge in [-0.05, 0) is 24.5 Å². The highest BCUT2D eigenvalue weighted by atomic mass is 16.6. The summed E-state index contributed by atoms with van der Waals surface area (Å²) in [5.41, 5.74) is 0.545. The van der Waals surface area contributed by atoms with Crippen LogP contribution in [0.5, 0.6) is 0 Å². The summed E-state index contributed by atoms with van der Waals surface area (Å²) in [4.78, 5) is 34.8. The van der Waals surface area contributed by atoms with Gasteiger partial charge in [0.25, 0.3) is 11.8 Å². The Morgan fingerprint density at radius 1 is 1.17 bits per heavy atom. The Bertz CT molecular complexity index is 602. The Morgan fingerprint density at radius 3 is 2.38 bits per heavy atom. The zero-order valence-electron chi connectivity index (χ0n) is 13.7. The highest BCUT2D eigenvalue weighted by Crippen LogP contribution is 2.22. The molecule has 1 saturated heterocycles. The average Bonchev–Trinajstić information content (AvgIpc) is 3.33. The van der Waals surface area contributed by atoms with E-state index in [0.717, 1.165) is 0 Å². The van der Waals surface area contributed by atoms with Gasteiger partial charge in [-0.2, -0.15) is 0 Å². The van der Waals surface area contributed by atoms with E-state index < -0.39 is 24.1 Å². The molecule has 130 valence electrons. The number of carboxylic acid groups (broad SMARTS) is 1. The standard InChI is InChI=1S/C17H22N2O5/c1-10(2)8-12(19-16(21)13-14(24-13)17(22)23)9-18-15(20)11-6-4-3-5-7-11/h3-7,10,12-14H,8-9H2,1-2H3,(H,18,20)(H,19,21)(H,22,23)/t12?,13-,14-/m0/s1. The molecule has 3 N–H and O–H groups in total. The number of ether oxygens (including phenoxy) is 1. The molecule has 2 amide bonds. The van der Waals surface area contributed by atoms with Crippen LogP contribution < -0.4 is 10.6 Å². The Morgan fingerprint density at radius 2 is 1.83 bits per heavy atom. The van der Waals surface area contributed by atoms with Crippen molar-refractivity contribution in [3.05, 3.63) is 35.9 Å². The van der Waals surface area contributed by atoms with Crippen LogP contribution in [0.25, 0.3) is 0 Å². The predicted octanol–water partition coefficient (Wildman–Crippen LogP) is 0.799. The maximum atomic E-state index is 12.1. The monoisotopic (exact) mass is 334 g/mol. The number of epoxide rings is 1. The molecule has 1 fully saturated rings. The summed E-state index contributed by atoms with van der Waals surface area (Å²) in [7, 11) is 0. The molecule has 0 saturated carbocycles. The Balaban J connectivity index is 1.88. The van der Waals surface area contributed by atoms with Crippen molar-refractivity contribution in [3.63, 3.8) is 0 Å². The van der Waals surface area contributed by atoms with Crippen LogP contribution in [0.1, 0.15) is 30.6 Å². The van der Waals surface area contributed by atoms with E-state index in [4.69, 9.17) is 9.84 Å². The Kier molecular flexibility index (Phi) is 5.92. The predicted molar refractivity (Wildman–Crippen MR) is 86.5 cm³/mol. The molecule has 1 aliphatic rings. The molecule has 1 unspecified atom stereocenters. The molecule has 0 aromatic heterocycles. The van der Waals surface area contributed by atoms with Gasteiger partial charge in [-0.1, -0.05) is 32.0 Å². The third-order valence-corrected chi connectivity index (χ3v) is 3.64. The molecule has 1 aromatic rings. The third kappa shape index (κ3) is 5.06. The number of carbonyl (C=O) groups is 3. The molecule has 1 heterocycles. The first-order valence-electron chi connectivity index (χ1n) is 7.90. The highest BCUT2D eigenvalue weighted by molar-refractivity contribution is 5.94. The van der Waals surface area contributed by atoms with Crippen LogP contribution in [0, 0.1) is 5.92 Å². The lowest BCUT2D eigenvalue weighted by molar-refractivity contribution is -0.138. The van der Waals surface area contributed by atoms with Crippen LogP contribution in [-0.2, 0) is 14.3 Å². The molecule has 1 aliphatic heterocycles. The van der Waals surface area contributed by atoms with Crippen molar-refractivity contribution in [2.75, 3.05) is 6.54 Å². The average molecular weight is 334 g/mol. The van der Waals surface area contributed by atoms with Gasteiger partial charge in [0.1, 0.15) is 0 Å². The van der Waals surface area contributed by atoms with Crippen LogP contribution in [0.2, 0.25) is 0 Å². The lowest BCUT2D eigenvalue weighted by Crippen LogP contribution is -2.46. The number of carbonyl (C=O) groups excluding carboxylic acids is 2. The van der Waals surface area contributed by atoms with E-state index >= 15 is 0 Å². The zero-order valence-corrected chi connectivity index (χ0v) is 13.7. The highest BCUT2D eigenvalue weighted by Gasteiger charge is 2.51. The second kappa shape index (κ2) is 7.92. The topological polar surface area (TPSA) is 108 Å². The molecule has 2 rings (SSSR count). The summed E-state index contributed by atoms with van der Waals surface area (Å²) < 4.78 is 4.84. The SMILES string of the molecule is CC(C)CC(CNC(=O)c1ccccc1)NC(=O)[C@H]1O[C@@H]1C(=O)O. The van der Waals surface area contributed by atoms with Crippen molar-refractivity contribution in [1.29, 1.82) is 0 Å². The molecule has 24 heavy (non-hydrogen) atoms. The van der Waals surface area contributed by atoms with E-state index in [1.165, 1.54) is 0 Å². The molecule has 1 aromatic carbocycles. The van der Waals surface area contributed by atoms with Gasteiger partial charge in [0, 0.05) is 18.2 Å². The van der Waals surface area contributed by atoms with Gasteiger partial charge >= 0.3 is 5.97 Å². The van der Waals surface area contributed by atoms with E-state index in [1.807, 2.05) is 19.9 Å². The van der Waals surface area contributed by atoms with Gasteiger partial charge in [0.05, 0.1) is 0 Å². The molecule has 7 nitrogen and oxygen atoms in total. The molecule has 0 aliphatic carbocycles. The van der Waals surface area contributed by atoms with Gasteiger partial charge in [-0.25, -0.2) is 4.79 Å². The van der Waals surface area contributed by atoms with Gasteiger partial charge < -0.3 is 20.5 Å². The minimum absolute atomic E-state index is 0.218. The number of hydrogen-bond donors (Lipinski definition) is 3.